The van der Waals surface area contributed by atoms with E-state index in [4.69, 9.17) is 14.2 Å². The maximum Gasteiger partial charge on any atom is 0.119 e. The summed E-state index contributed by atoms with van der Waals surface area (Å²) in [5.41, 5.74) is 3.80. The molecule has 0 spiro atoms. The average molecular weight is 409 g/mol. The number of rotatable bonds is 12. The molecule has 0 bridgehead atoms. The zero-order chi connectivity index (χ0) is 21.2. The Hall–Kier alpha value is -2.76. The largest absolute Gasteiger partial charge is 0.497 e. The lowest BCUT2D eigenvalue weighted by Gasteiger charge is -2.23. The first-order valence-corrected chi connectivity index (χ1v) is 10.3. The van der Waals surface area contributed by atoms with Gasteiger partial charge >= 0.3 is 0 Å². The van der Waals surface area contributed by atoms with Crippen LogP contribution in [0, 0.1) is 0 Å². The van der Waals surface area contributed by atoms with Crippen molar-refractivity contribution in [2.75, 3.05) is 34.5 Å². The lowest BCUT2D eigenvalue weighted by Crippen LogP contribution is -2.26. The number of aromatic nitrogens is 1. The minimum absolute atomic E-state index is 0.768. The van der Waals surface area contributed by atoms with Gasteiger partial charge in [-0.3, -0.25) is 4.90 Å². The molecule has 5 nitrogen and oxygen atoms in total. The summed E-state index contributed by atoms with van der Waals surface area (Å²) >= 11 is 0. The molecule has 0 aliphatic carbocycles. The van der Waals surface area contributed by atoms with Crippen molar-refractivity contribution in [1.82, 2.24) is 9.47 Å². The second-order valence-corrected chi connectivity index (χ2v) is 7.38. The van der Waals surface area contributed by atoms with Gasteiger partial charge in [-0.1, -0.05) is 24.3 Å². The molecule has 0 aliphatic heterocycles. The van der Waals surface area contributed by atoms with Crippen LogP contribution in [0.2, 0.25) is 0 Å². The summed E-state index contributed by atoms with van der Waals surface area (Å²) in [7, 11) is 5.16. The normalized spacial score (nSPS) is 11.1. The number of benzene rings is 2. The van der Waals surface area contributed by atoms with Gasteiger partial charge in [0.15, 0.2) is 0 Å². The van der Waals surface area contributed by atoms with Crippen LogP contribution < -0.4 is 9.47 Å². The van der Waals surface area contributed by atoms with Gasteiger partial charge in [0.05, 0.1) is 14.2 Å². The second kappa shape index (κ2) is 11.4. The molecule has 5 heteroatoms. The Morgan fingerprint density at radius 2 is 1.60 bits per heavy atom. The van der Waals surface area contributed by atoms with Gasteiger partial charge in [0.1, 0.15) is 11.5 Å². The monoisotopic (exact) mass is 408 g/mol. The first kappa shape index (κ1) is 21.9. The molecule has 0 amide bonds. The van der Waals surface area contributed by atoms with Crippen LogP contribution >= 0.6 is 0 Å². The highest BCUT2D eigenvalue weighted by Gasteiger charge is 2.11. The molecular weight excluding hydrogens is 376 g/mol. The highest BCUT2D eigenvalue weighted by Crippen LogP contribution is 2.18. The Morgan fingerprint density at radius 1 is 0.800 bits per heavy atom. The Bertz CT molecular complexity index is 889. The van der Waals surface area contributed by atoms with Crippen molar-refractivity contribution in [2.45, 2.75) is 26.1 Å². The van der Waals surface area contributed by atoms with E-state index in [1.807, 2.05) is 24.3 Å². The Balaban J connectivity index is 1.71. The molecule has 160 valence electrons. The van der Waals surface area contributed by atoms with E-state index in [2.05, 4.69) is 52.1 Å². The summed E-state index contributed by atoms with van der Waals surface area (Å²) in [6.07, 6.45) is 3.15. The summed E-state index contributed by atoms with van der Waals surface area (Å²) in [6, 6.07) is 20.9. The summed E-state index contributed by atoms with van der Waals surface area (Å²) in [5, 5.41) is 0. The quantitative estimate of drug-likeness (QED) is 0.411. The highest BCUT2D eigenvalue weighted by molar-refractivity contribution is 5.29. The third-order valence-electron chi connectivity index (χ3n) is 5.18. The standard InChI is InChI=1S/C25H32N2O3/c1-28-16-6-14-26(18-21-10-12-24(29-2)13-11-21)20-23-8-5-15-27(23)19-22-7-4-9-25(17-22)30-3/h4-5,7-13,15,17H,6,14,16,18-20H2,1-3H3. The van der Waals surface area contributed by atoms with Crippen molar-refractivity contribution < 1.29 is 14.2 Å². The first-order chi connectivity index (χ1) is 14.7. The van der Waals surface area contributed by atoms with Crippen molar-refractivity contribution >= 4 is 0 Å². The summed E-state index contributed by atoms with van der Waals surface area (Å²) < 4.78 is 18.2. The van der Waals surface area contributed by atoms with E-state index in [0.29, 0.717) is 0 Å². The van der Waals surface area contributed by atoms with Crippen LogP contribution in [0.3, 0.4) is 0 Å². The lowest BCUT2D eigenvalue weighted by molar-refractivity contribution is 0.165. The van der Waals surface area contributed by atoms with Crippen LogP contribution in [0.4, 0.5) is 0 Å². The zero-order valence-electron chi connectivity index (χ0n) is 18.2. The van der Waals surface area contributed by atoms with Crippen molar-refractivity contribution in [3.8, 4) is 11.5 Å². The maximum absolute atomic E-state index is 5.37. The Labute approximate surface area is 179 Å². The summed E-state index contributed by atoms with van der Waals surface area (Å²) in [5.74, 6) is 1.78. The Kier molecular flexibility index (Phi) is 8.36. The topological polar surface area (TPSA) is 35.9 Å². The maximum atomic E-state index is 5.37. The fourth-order valence-electron chi connectivity index (χ4n) is 3.58. The van der Waals surface area contributed by atoms with Crippen molar-refractivity contribution in [3.05, 3.63) is 83.7 Å². The van der Waals surface area contributed by atoms with Crippen LogP contribution in [-0.2, 0) is 24.4 Å². The van der Waals surface area contributed by atoms with E-state index in [-0.39, 0.29) is 0 Å². The number of nitrogens with zero attached hydrogens (tertiary/aromatic N) is 2. The van der Waals surface area contributed by atoms with Gasteiger partial charge < -0.3 is 18.8 Å². The zero-order valence-corrected chi connectivity index (χ0v) is 18.2. The fraction of sp³-hybridized carbons (Fsp3) is 0.360. The van der Waals surface area contributed by atoms with E-state index in [1.54, 1.807) is 21.3 Å². The van der Waals surface area contributed by atoms with Gasteiger partial charge in [-0.05, 0) is 53.9 Å². The number of hydrogen-bond donors (Lipinski definition) is 0. The van der Waals surface area contributed by atoms with E-state index in [0.717, 1.165) is 50.7 Å². The molecule has 3 rings (SSSR count). The molecule has 0 saturated carbocycles. The smallest absolute Gasteiger partial charge is 0.119 e. The van der Waals surface area contributed by atoms with Crippen LogP contribution in [-0.4, -0.2) is 43.9 Å². The molecule has 0 N–H and O–H groups in total. The van der Waals surface area contributed by atoms with E-state index >= 15 is 0 Å². The molecule has 0 saturated heterocycles. The molecular formula is C25H32N2O3. The molecule has 0 atom stereocenters. The van der Waals surface area contributed by atoms with E-state index in [1.165, 1.54) is 16.8 Å². The van der Waals surface area contributed by atoms with E-state index in [9.17, 15) is 0 Å². The molecule has 1 aromatic heterocycles. The summed E-state index contributed by atoms with van der Waals surface area (Å²) in [6.45, 7) is 4.34. The molecule has 0 unspecified atom stereocenters. The van der Waals surface area contributed by atoms with Crippen molar-refractivity contribution in [1.29, 1.82) is 0 Å². The third kappa shape index (κ3) is 6.37. The minimum atomic E-state index is 0.768. The van der Waals surface area contributed by atoms with Crippen molar-refractivity contribution in [2.24, 2.45) is 0 Å². The Morgan fingerprint density at radius 3 is 2.33 bits per heavy atom. The molecule has 1 heterocycles. The van der Waals surface area contributed by atoms with Gasteiger partial charge in [-0.15, -0.1) is 0 Å². The van der Waals surface area contributed by atoms with Gasteiger partial charge in [-0.2, -0.15) is 0 Å². The minimum Gasteiger partial charge on any atom is -0.497 e. The predicted molar refractivity (Wildman–Crippen MR) is 120 cm³/mol. The van der Waals surface area contributed by atoms with Crippen LogP contribution in [0.1, 0.15) is 23.2 Å². The van der Waals surface area contributed by atoms with Gasteiger partial charge in [0.25, 0.3) is 0 Å². The first-order valence-electron chi connectivity index (χ1n) is 10.3. The molecule has 2 aromatic carbocycles. The van der Waals surface area contributed by atoms with Gasteiger partial charge in [0.2, 0.25) is 0 Å². The van der Waals surface area contributed by atoms with E-state index < -0.39 is 0 Å². The molecule has 3 aromatic rings. The lowest BCUT2D eigenvalue weighted by atomic mass is 10.2. The third-order valence-corrected chi connectivity index (χ3v) is 5.18. The number of hydrogen-bond acceptors (Lipinski definition) is 4. The van der Waals surface area contributed by atoms with Crippen LogP contribution in [0.15, 0.2) is 66.9 Å². The number of ether oxygens (including phenoxy) is 3. The van der Waals surface area contributed by atoms with Crippen LogP contribution in [0.5, 0.6) is 11.5 Å². The van der Waals surface area contributed by atoms with Crippen molar-refractivity contribution in [3.63, 3.8) is 0 Å². The average Bonchev–Trinajstić information content (AvgIpc) is 3.21. The summed E-state index contributed by atoms with van der Waals surface area (Å²) in [4.78, 5) is 2.47. The van der Waals surface area contributed by atoms with Crippen LogP contribution in [0.25, 0.3) is 0 Å². The molecule has 0 radical (unpaired) electrons. The number of methoxy groups -OCH3 is 3. The SMILES string of the molecule is COCCCN(Cc1ccc(OC)cc1)Cc1cccn1Cc1cccc(OC)c1. The second-order valence-electron chi connectivity index (χ2n) is 7.38. The molecule has 0 fully saturated rings. The fourth-order valence-corrected chi connectivity index (χ4v) is 3.58. The predicted octanol–water partition coefficient (Wildman–Crippen LogP) is 4.59. The van der Waals surface area contributed by atoms with Gasteiger partial charge in [-0.25, -0.2) is 0 Å². The molecule has 30 heavy (non-hydrogen) atoms. The highest BCUT2D eigenvalue weighted by atomic mass is 16.5. The molecule has 0 aliphatic rings. The van der Waals surface area contributed by atoms with Gasteiger partial charge in [0, 0.05) is 51.8 Å².